The van der Waals surface area contributed by atoms with E-state index in [-0.39, 0.29) is 11.3 Å². The number of anilines is 1. The summed E-state index contributed by atoms with van der Waals surface area (Å²) in [6.07, 6.45) is 0.269. The standard InChI is InChI=1S/C15H14N2O2S/c1-12-4-2-3-5-15(12)17-20(18,19)14-8-6-13(7-9-14)10-11-16/h2-9,17H,10H2,1H3. The number of benzene rings is 2. The highest BCUT2D eigenvalue weighted by Gasteiger charge is 2.14. The van der Waals surface area contributed by atoms with Crippen molar-refractivity contribution in [2.75, 3.05) is 4.72 Å². The van der Waals surface area contributed by atoms with E-state index in [1.54, 1.807) is 24.3 Å². The maximum absolute atomic E-state index is 12.2. The molecule has 0 bridgehead atoms. The van der Waals surface area contributed by atoms with Gasteiger partial charge in [0.1, 0.15) is 0 Å². The average Bonchev–Trinajstić information content (AvgIpc) is 2.42. The van der Waals surface area contributed by atoms with Crippen LogP contribution in [-0.2, 0) is 16.4 Å². The Balaban J connectivity index is 2.27. The fourth-order valence-electron chi connectivity index (χ4n) is 1.77. The van der Waals surface area contributed by atoms with Gasteiger partial charge in [-0.05, 0) is 36.2 Å². The van der Waals surface area contributed by atoms with Crippen LogP contribution in [0, 0.1) is 18.3 Å². The van der Waals surface area contributed by atoms with Crippen LogP contribution in [-0.4, -0.2) is 8.42 Å². The van der Waals surface area contributed by atoms with Crippen molar-refractivity contribution in [2.45, 2.75) is 18.2 Å². The molecule has 0 aliphatic heterocycles. The number of nitriles is 1. The van der Waals surface area contributed by atoms with Gasteiger partial charge in [-0.3, -0.25) is 4.72 Å². The van der Waals surface area contributed by atoms with E-state index in [0.717, 1.165) is 11.1 Å². The van der Waals surface area contributed by atoms with Crippen LogP contribution < -0.4 is 4.72 Å². The second kappa shape index (κ2) is 5.76. The minimum Gasteiger partial charge on any atom is -0.279 e. The maximum Gasteiger partial charge on any atom is 0.261 e. The lowest BCUT2D eigenvalue weighted by Crippen LogP contribution is -2.13. The summed E-state index contributed by atoms with van der Waals surface area (Å²) in [6, 6.07) is 15.5. The summed E-state index contributed by atoms with van der Waals surface area (Å²) in [4.78, 5) is 0.183. The second-order valence-corrected chi connectivity index (χ2v) is 6.08. The molecule has 0 fully saturated rings. The molecule has 0 aliphatic carbocycles. The molecule has 0 heterocycles. The quantitative estimate of drug-likeness (QED) is 0.939. The first kappa shape index (κ1) is 14.1. The first-order valence-electron chi connectivity index (χ1n) is 6.07. The molecule has 0 radical (unpaired) electrons. The van der Waals surface area contributed by atoms with Crippen LogP contribution in [0.25, 0.3) is 0 Å². The van der Waals surface area contributed by atoms with Crippen LogP contribution in [0.1, 0.15) is 11.1 Å². The number of nitrogens with one attached hydrogen (secondary N) is 1. The van der Waals surface area contributed by atoms with Crippen LogP contribution in [0.5, 0.6) is 0 Å². The lowest BCUT2D eigenvalue weighted by Gasteiger charge is -2.10. The number of nitrogens with zero attached hydrogens (tertiary/aromatic N) is 1. The molecule has 0 aliphatic rings. The lowest BCUT2D eigenvalue weighted by atomic mass is 10.2. The summed E-state index contributed by atoms with van der Waals surface area (Å²) in [5.41, 5.74) is 2.22. The molecule has 2 aromatic rings. The van der Waals surface area contributed by atoms with Crippen LogP contribution >= 0.6 is 0 Å². The van der Waals surface area contributed by atoms with Gasteiger partial charge in [-0.1, -0.05) is 30.3 Å². The third-order valence-corrected chi connectivity index (χ3v) is 4.29. The van der Waals surface area contributed by atoms with Crippen LogP contribution in [0.15, 0.2) is 53.4 Å². The van der Waals surface area contributed by atoms with E-state index in [4.69, 9.17) is 5.26 Å². The zero-order valence-corrected chi connectivity index (χ0v) is 11.8. The van der Waals surface area contributed by atoms with Gasteiger partial charge in [0, 0.05) is 0 Å². The molecular weight excluding hydrogens is 272 g/mol. The molecule has 0 amide bonds. The summed E-state index contributed by atoms with van der Waals surface area (Å²) in [5.74, 6) is 0. The van der Waals surface area contributed by atoms with Gasteiger partial charge in [-0.2, -0.15) is 5.26 Å². The van der Waals surface area contributed by atoms with Crippen molar-refractivity contribution in [3.8, 4) is 6.07 Å². The Morgan fingerprint density at radius 2 is 1.75 bits per heavy atom. The van der Waals surface area contributed by atoms with Crippen molar-refractivity contribution >= 4 is 15.7 Å². The van der Waals surface area contributed by atoms with Gasteiger partial charge < -0.3 is 0 Å². The molecule has 2 aromatic carbocycles. The number of hydrogen-bond donors (Lipinski definition) is 1. The molecule has 102 valence electrons. The number of para-hydroxylation sites is 1. The zero-order chi connectivity index (χ0) is 14.6. The van der Waals surface area contributed by atoms with Crippen molar-refractivity contribution in [3.05, 3.63) is 59.7 Å². The summed E-state index contributed by atoms with van der Waals surface area (Å²) in [5, 5.41) is 8.59. The number of sulfonamides is 1. The molecule has 0 atom stereocenters. The molecule has 20 heavy (non-hydrogen) atoms. The predicted molar refractivity (Wildman–Crippen MR) is 77.7 cm³/mol. The van der Waals surface area contributed by atoms with Crippen molar-refractivity contribution in [3.63, 3.8) is 0 Å². The first-order valence-corrected chi connectivity index (χ1v) is 7.55. The third kappa shape index (κ3) is 3.16. The van der Waals surface area contributed by atoms with Gasteiger partial charge >= 0.3 is 0 Å². The van der Waals surface area contributed by atoms with E-state index in [9.17, 15) is 8.42 Å². The average molecular weight is 286 g/mol. The highest BCUT2D eigenvalue weighted by Crippen LogP contribution is 2.19. The third-order valence-electron chi connectivity index (χ3n) is 2.91. The van der Waals surface area contributed by atoms with Crippen molar-refractivity contribution in [1.29, 1.82) is 5.26 Å². The Kier molecular flexibility index (Phi) is 4.06. The van der Waals surface area contributed by atoms with Crippen LogP contribution in [0.3, 0.4) is 0 Å². The Morgan fingerprint density at radius 3 is 2.35 bits per heavy atom. The minimum atomic E-state index is -3.60. The van der Waals surface area contributed by atoms with Gasteiger partial charge in [-0.25, -0.2) is 8.42 Å². The second-order valence-electron chi connectivity index (χ2n) is 4.40. The molecule has 0 saturated carbocycles. The highest BCUT2D eigenvalue weighted by molar-refractivity contribution is 7.92. The van der Waals surface area contributed by atoms with E-state index in [1.165, 1.54) is 12.1 Å². The van der Waals surface area contributed by atoms with Crippen molar-refractivity contribution in [2.24, 2.45) is 0 Å². The SMILES string of the molecule is Cc1ccccc1NS(=O)(=O)c1ccc(CC#N)cc1. The molecule has 2 rings (SSSR count). The normalized spacial score (nSPS) is 10.8. The smallest absolute Gasteiger partial charge is 0.261 e. The van der Waals surface area contributed by atoms with Crippen molar-refractivity contribution in [1.82, 2.24) is 0 Å². The molecule has 0 spiro atoms. The molecule has 0 aromatic heterocycles. The molecule has 4 nitrogen and oxygen atoms in total. The van der Waals surface area contributed by atoms with Crippen molar-refractivity contribution < 1.29 is 8.42 Å². The fourth-order valence-corrected chi connectivity index (χ4v) is 2.90. The summed E-state index contributed by atoms with van der Waals surface area (Å²) < 4.78 is 27.1. The van der Waals surface area contributed by atoms with Gasteiger partial charge in [0.2, 0.25) is 0 Å². The van der Waals surface area contributed by atoms with Crippen LogP contribution in [0.4, 0.5) is 5.69 Å². The van der Waals surface area contributed by atoms with Gasteiger partial charge in [0.05, 0.1) is 23.1 Å². The Bertz CT molecular complexity index is 744. The topological polar surface area (TPSA) is 70.0 Å². The van der Waals surface area contributed by atoms with E-state index in [1.807, 2.05) is 25.1 Å². The van der Waals surface area contributed by atoms with Crippen LogP contribution in [0.2, 0.25) is 0 Å². The monoisotopic (exact) mass is 286 g/mol. The predicted octanol–water partition coefficient (Wildman–Crippen LogP) is 2.86. The van der Waals surface area contributed by atoms with E-state index in [2.05, 4.69) is 4.72 Å². The lowest BCUT2D eigenvalue weighted by molar-refractivity contribution is 0.601. The molecular formula is C15H14N2O2S. The Morgan fingerprint density at radius 1 is 1.10 bits per heavy atom. The van der Waals surface area contributed by atoms with Gasteiger partial charge in [-0.15, -0.1) is 0 Å². The van der Waals surface area contributed by atoms with E-state index >= 15 is 0 Å². The highest BCUT2D eigenvalue weighted by atomic mass is 32.2. The summed E-state index contributed by atoms with van der Waals surface area (Å²) >= 11 is 0. The minimum absolute atomic E-state index is 0.183. The van der Waals surface area contributed by atoms with E-state index < -0.39 is 10.0 Å². The first-order chi connectivity index (χ1) is 9.53. The molecule has 5 heteroatoms. The Hall–Kier alpha value is -2.32. The van der Waals surface area contributed by atoms with Gasteiger partial charge in [0.25, 0.3) is 10.0 Å². The fraction of sp³-hybridized carbons (Fsp3) is 0.133. The Labute approximate surface area is 118 Å². The number of hydrogen-bond acceptors (Lipinski definition) is 3. The maximum atomic E-state index is 12.2. The molecule has 1 N–H and O–H groups in total. The summed E-state index contributed by atoms with van der Waals surface area (Å²) in [6.45, 7) is 1.84. The molecule has 0 unspecified atom stereocenters. The van der Waals surface area contributed by atoms with Gasteiger partial charge in [0.15, 0.2) is 0 Å². The number of rotatable bonds is 4. The summed E-state index contributed by atoms with van der Waals surface area (Å²) in [7, 11) is -3.60. The molecule has 0 saturated heterocycles. The van der Waals surface area contributed by atoms with E-state index in [0.29, 0.717) is 5.69 Å². The number of aryl methyl sites for hydroxylation is 1. The largest absolute Gasteiger partial charge is 0.279 e. The zero-order valence-electron chi connectivity index (χ0n) is 11.0.